The van der Waals surface area contributed by atoms with Gasteiger partial charge in [0.15, 0.2) is 0 Å². The van der Waals surface area contributed by atoms with E-state index < -0.39 is 0 Å². The third-order valence-corrected chi connectivity index (χ3v) is 3.67. The minimum Gasteiger partial charge on any atom is -0.375 e. The van der Waals surface area contributed by atoms with E-state index in [-0.39, 0.29) is 0 Å². The fourth-order valence-electron chi connectivity index (χ4n) is 2.45. The van der Waals surface area contributed by atoms with Gasteiger partial charge in [0, 0.05) is 6.04 Å². The smallest absolute Gasteiger partial charge is 0.0608 e. The van der Waals surface area contributed by atoms with E-state index in [1.807, 2.05) is 0 Å². The summed E-state index contributed by atoms with van der Waals surface area (Å²) in [5.41, 5.74) is 0. The molecule has 0 spiro atoms. The highest BCUT2D eigenvalue weighted by Gasteiger charge is 2.30. The van der Waals surface area contributed by atoms with Gasteiger partial charge in [-0.2, -0.15) is 0 Å². The number of hydrogen-bond acceptors (Lipinski definition) is 2. The summed E-state index contributed by atoms with van der Waals surface area (Å²) in [4.78, 5) is 0. The lowest BCUT2D eigenvalue weighted by Gasteiger charge is -2.37. The number of nitrogens with one attached hydrogen (secondary N) is 1. The van der Waals surface area contributed by atoms with E-state index in [0.29, 0.717) is 12.2 Å². The maximum absolute atomic E-state index is 6.04. The second-order valence-corrected chi connectivity index (χ2v) is 5.54. The first-order valence-electron chi connectivity index (χ1n) is 7.65. The van der Waals surface area contributed by atoms with E-state index in [1.54, 1.807) is 0 Å². The SMILES string of the molecule is CCCCCCC(C)OC1CC(NCCC)C1. The number of hydrogen-bond donors (Lipinski definition) is 1. The average molecular weight is 241 g/mol. The molecular weight excluding hydrogens is 210 g/mol. The minimum absolute atomic E-state index is 0.462. The molecule has 0 aliphatic heterocycles. The van der Waals surface area contributed by atoms with Gasteiger partial charge in [-0.3, -0.25) is 0 Å². The van der Waals surface area contributed by atoms with E-state index in [9.17, 15) is 0 Å². The van der Waals surface area contributed by atoms with Crippen LogP contribution in [0.2, 0.25) is 0 Å². The second-order valence-electron chi connectivity index (χ2n) is 5.54. The van der Waals surface area contributed by atoms with E-state index in [1.165, 1.54) is 51.4 Å². The normalized spacial score (nSPS) is 25.6. The Morgan fingerprint density at radius 3 is 2.53 bits per heavy atom. The minimum atomic E-state index is 0.462. The Labute approximate surface area is 108 Å². The van der Waals surface area contributed by atoms with Crippen LogP contribution in [0.25, 0.3) is 0 Å². The lowest BCUT2D eigenvalue weighted by molar-refractivity contribution is -0.0603. The van der Waals surface area contributed by atoms with Crippen LogP contribution < -0.4 is 5.32 Å². The van der Waals surface area contributed by atoms with Crippen LogP contribution in [0, 0.1) is 0 Å². The third-order valence-electron chi connectivity index (χ3n) is 3.67. The van der Waals surface area contributed by atoms with Crippen LogP contribution in [0.4, 0.5) is 0 Å². The van der Waals surface area contributed by atoms with Crippen LogP contribution >= 0.6 is 0 Å². The molecule has 0 aromatic heterocycles. The zero-order valence-corrected chi connectivity index (χ0v) is 12.0. The van der Waals surface area contributed by atoms with Gasteiger partial charge in [0.25, 0.3) is 0 Å². The lowest BCUT2D eigenvalue weighted by Crippen LogP contribution is -2.46. The molecule has 1 fully saturated rings. The molecule has 0 amide bonds. The molecule has 1 unspecified atom stereocenters. The van der Waals surface area contributed by atoms with Crippen molar-refractivity contribution < 1.29 is 4.74 Å². The summed E-state index contributed by atoms with van der Waals surface area (Å²) in [6, 6.07) is 0.729. The van der Waals surface area contributed by atoms with Gasteiger partial charge in [-0.1, -0.05) is 39.5 Å². The Morgan fingerprint density at radius 1 is 1.12 bits per heavy atom. The Kier molecular flexibility index (Phi) is 7.87. The maximum Gasteiger partial charge on any atom is 0.0608 e. The van der Waals surface area contributed by atoms with Gasteiger partial charge < -0.3 is 10.1 Å². The summed E-state index contributed by atoms with van der Waals surface area (Å²) in [5, 5.41) is 3.55. The highest BCUT2D eigenvalue weighted by molar-refractivity contribution is 4.86. The number of unbranched alkanes of at least 4 members (excludes halogenated alkanes) is 3. The summed E-state index contributed by atoms with van der Waals surface area (Å²) in [7, 11) is 0. The summed E-state index contributed by atoms with van der Waals surface area (Å²) in [5.74, 6) is 0. The number of ether oxygens (including phenoxy) is 1. The molecule has 1 aliphatic rings. The molecule has 17 heavy (non-hydrogen) atoms. The predicted molar refractivity (Wildman–Crippen MR) is 74.4 cm³/mol. The van der Waals surface area contributed by atoms with Crippen molar-refractivity contribution in [3.8, 4) is 0 Å². The van der Waals surface area contributed by atoms with Crippen LogP contribution in [0.1, 0.15) is 72.1 Å². The van der Waals surface area contributed by atoms with Crippen LogP contribution in [0.15, 0.2) is 0 Å². The van der Waals surface area contributed by atoms with Gasteiger partial charge >= 0.3 is 0 Å². The predicted octanol–water partition coefficient (Wildman–Crippen LogP) is 3.89. The zero-order valence-electron chi connectivity index (χ0n) is 12.0. The van der Waals surface area contributed by atoms with Crippen molar-refractivity contribution in [3.05, 3.63) is 0 Å². The molecule has 0 aromatic carbocycles. The quantitative estimate of drug-likeness (QED) is 0.586. The van der Waals surface area contributed by atoms with Crippen molar-refractivity contribution >= 4 is 0 Å². The molecule has 0 saturated heterocycles. The summed E-state index contributed by atoms with van der Waals surface area (Å²) >= 11 is 0. The molecule has 1 rings (SSSR count). The van der Waals surface area contributed by atoms with Crippen molar-refractivity contribution in [2.75, 3.05) is 6.54 Å². The molecule has 1 aliphatic carbocycles. The zero-order chi connectivity index (χ0) is 12.5. The van der Waals surface area contributed by atoms with Crippen molar-refractivity contribution in [1.82, 2.24) is 5.32 Å². The van der Waals surface area contributed by atoms with Gasteiger partial charge in [-0.25, -0.2) is 0 Å². The fraction of sp³-hybridized carbons (Fsp3) is 1.00. The Balaban J connectivity index is 1.92. The summed E-state index contributed by atoms with van der Waals surface area (Å²) in [6.07, 6.45) is 11.3. The molecule has 0 bridgehead atoms. The van der Waals surface area contributed by atoms with E-state index in [4.69, 9.17) is 4.74 Å². The largest absolute Gasteiger partial charge is 0.375 e. The van der Waals surface area contributed by atoms with Crippen LogP contribution in [-0.4, -0.2) is 24.8 Å². The van der Waals surface area contributed by atoms with Crippen LogP contribution in [0.3, 0.4) is 0 Å². The van der Waals surface area contributed by atoms with Crippen molar-refractivity contribution in [3.63, 3.8) is 0 Å². The molecule has 0 aromatic rings. The van der Waals surface area contributed by atoms with Gasteiger partial charge in [-0.15, -0.1) is 0 Å². The van der Waals surface area contributed by atoms with Gasteiger partial charge in [0.1, 0.15) is 0 Å². The molecule has 2 nitrogen and oxygen atoms in total. The molecule has 0 heterocycles. The van der Waals surface area contributed by atoms with Gasteiger partial charge in [0.2, 0.25) is 0 Å². The van der Waals surface area contributed by atoms with Gasteiger partial charge in [-0.05, 0) is 39.2 Å². The average Bonchev–Trinajstić information content (AvgIpc) is 2.27. The Bertz CT molecular complexity index is 175. The first-order valence-corrected chi connectivity index (χ1v) is 7.65. The summed E-state index contributed by atoms with van der Waals surface area (Å²) < 4.78 is 6.04. The van der Waals surface area contributed by atoms with E-state index in [0.717, 1.165) is 12.6 Å². The second kappa shape index (κ2) is 8.93. The number of rotatable bonds is 10. The molecule has 1 N–H and O–H groups in total. The van der Waals surface area contributed by atoms with E-state index in [2.05, 4.69) is 26.1 Å². The standard InChI is InChI=1S/C15H31NO/c1-4-6-7-8-9-13(3)17-15-11-14(12-15)16-10-5-2/h13-16H,4-12H2,1-3H3. The van der Waals surface area contributed by atoms with Crippen LogP contribution in [-0.2, 0) is 4.74 Å². The molecular formula is C15H31NO. The van der Waals surface area contributed by atoms with Gasteiger partial charge in [0.05, 0.1) is 12.2 Å². The first-order chi connectivity index (χ1) is 8.26. The Morgan fingerprint density at radius 2 is 1.88 bits per heavy atom. The highest BCUT2D eigenvalue weighted by Crippen LogP contribution is 2.25. The molecule has 1 saturated carbocycles. The molecule has 0 radical (unpaired) electrons. The van der Waals surface area contributed by atoms with Crippen molar-refractivity contribution in [2.24, 2.45) is 0 Å². The van der Waals surface area contributed by atoms with Crippen molar-refractivity contribution in [1.29, 1.82) is 0 Å². The molecule has 2 heteroatoms. The van der Waals surface area contributed by atoms with Crippen LogP contribution in [0.5, 0.6) is 0 Å². The topological polar surface area (TPSA) is 21.3 Å². The summed E-state index contributed by atoms with van der Waals surface area (Å²) in [6.45, 7) is 7.87. The lowest BCUT2D eigenvalue weighted by atomic mass is 9.89. The molecule has 102 valence electrons. The monoisotopic (exact) mass is 241 g/mol. The maximum atomic E-state index is 6.04. The third kappa shape index (κ3) is 6.42. The Hall–Kier alpha value is -0.0800. The van der Waals surface area contributed by atoms with Crippen molar-refractivity contribution in [2.45, 2.75) is 90.4 Å². The molecule has 1 atom stereocenters. The highest BCUT2D eigenvalue weighted by atomic mass is 16.5. The van der Waals surface area contributed by atoms with E-state index >= 15 is 0 Å². The first kappa shape index (κ1) is 15.0. The fourth-order valence-corrected chi connectivity index (χ4v) is 2.45.